The Labute approximate surface area is 64.9 Å². The van der Waals surface area contributed by atoms with Gasteiger partial charge in [-0.2, -0.15) is 5.53 Å². The van der Waals surface area contributed by atoms with E-state index in [-0.39, 0.29) is 0 Å². The van der Waals surface area contributed by atoms with Crippen molar-refractivity contribution >= 4 is 6.03 Å². The van der Waals surface area contributed by atoms with E-state index in [1.807, 2.05) is 6.92 Å². The topological polar surface area (TPSA) is 77.8 Å². The minimum Gasteiger partial charge on any atom is -0.280 e. The molecule has 0 aliphatic rings. The van der Waals surface area contributed by atoms with Crippen LogP contribution in [0.3, 0.4) is 0 Å². The number of nitrogens with zero attached hydrogens (tertiary/aromatic N) is 2. The molecule has 0 aromatic rings. The van der Waals surface area contributed by atoms with Crippen LogP contribution < -0.4 is 5.43 Å². The number of carbonyl (C=O) groups excluding carboxylic acids is 1. The molecule has 2 amide bonds. The lowest BCUT2D eigenvalue weighted by molar-refractivity contribution is -0.164. The Balaban J connectivity index is 3.43. The SMILES string of the molecule is CCCON(C)NC(=O)N=N. The summed E-state index contributed by atoms with van der Waals surface area (Å²) in [5, 5.41) is 3.74. The van der Waals surface area contributed by atoms with Gasteiger partial charge in [0.1, 0.15) is 0 Å². The molecule has 0 heterocycles. The van der Waals surface area contributed by atoms with Crippen LogP contribution in [-0.4, -0.2) is 24.9 Å². The molecule has 2 N–H and O–H groups in total. The van der Waals surface area contributed by atoms with Crippen LogP contribution in [0.5, 0.6) is 0 Å². The van der Waals surface area contributed by atoms with Crippen molar-refractivity contribution in [3.05, 3.63) is 0 Å². The number of rotatable bonds is 4. The van der Waals surface area contributed by atoms with Crippen LogP contribution in [0.1, 0.15) is 13.3 Å². The molecule has 0 aromatic heterocycles. The van der Waals surface area contributed by atoms with E-state index in [4.69, 9.17) is 10.4 Å². The molecule has 0 radical (unpaired) electrons. The molecule has 6 nitrogen and oxygen atoms in total. The molecule has 0 unspecified atom stereocenters. The van der Waals surface area contributed by atoms with E-state index in [9.17, 15) is 4.79 Å². The van der Waals surface area contributed by atoms with Crippen molar-refractivity contribution in [3.63, 3.8) is 0 Å². The molecule has 0 atom stereocenters. The number of urea groups is 1. The van der Waals surface area contributed by atoms with Crippen molar-refractivity contribution < 1.29 is 9.63 Å². The number of hydrogen-bond acceptors (Lipinski definition) is 4. The summed E-state index contributed by atoms with van der Waals surface area (Å²) in [6.45, 7) is 2.47. The highest BCUT2D eigenvalue weighted by Gasteiger charge is 2.00. The molecule has 0 fully saturated rings. The average Bonchev–Trinajstić information content (AvgIpc) is 2.00. The lowest BCUT2D eigenvalue weighted by Crippen LogP contribution is -2.37. The fourth-order valence-corrected chi connectivity index (χ4v) is 0.420. The van der Waals surface area contributed by atoms with Gasteiger partial charge in [0, 0.05) is 7.05 Å². The van der Waals surface area contributed by atoms with Crippen molar-refractivity contribution in [1.29, 1.82) is 5.53 Å². The van der Waals surface area contributed by atoms with E-state index in [0.717, 1.165) is 11.6 Å². The predicted octanol–water partition coefficient (Wildman–Crippen LogP) is 0.915. The maximum absolute atomic E-state index is 10.4. The van der Waals surface area contributed by atoms with E-state index in [1.165, 1.54) is 7.05 Å². The molecule has 6 heteroatoms. The van der Waals surface area contributed by atoms with Gasteiger partial charge in [-0.25, -0.2) is 10.2 Å². The highest BCUT2D eigenvalue weighted by atomic mass is 16.7. The zero-order valence-electron chi connectivity index (χ0n) is 6.63. The summed E-state index contributed by atoms with van der Waals surface area (Å²) in [6, 6.07) is -0.747. The van der Waals surface area contributed by atoms with Gasteiger partial charge in [0.2, 0.25) is 0 Å². The third-order valence-electron chi connectivity index (χ3n) is 0.844. The number of hydrogen-bond donors (Lipinski definition) is 2. The predicted molar refractivity (Wildman–Crippen MR) is 37.7 cm³/mol. The van der Waals surface area contributed by atoms with Crippen LogP contribution >= 0.6 is 0 Å². The Morgan fingerprint density at radius 3 is 2.91 bits per heavy atom. The van der Waals surface area contributed by atoms with Crippen molar-refractivity contribution in [2.75, 3.05) is 13.7 Å². The molecule has 0 rings (SSSR count). The standard InChI is InChI=1S/C5H12N4O2/c1-3-4-11-9(2)8-5(10)7-6/h6H,3-4H2,1-2H3,(H,8,10). The maximum Gasteiger partial charge on any atom is 0.375 e. The maximum atomic E-state index is 10.4. The van der Waals surface area contributed by atoms with Gasteiger partial charge < -0.3 is 0 Å². The van der Waals surface area contributed by atoms with Gasteiger partial charge >= 0.3 is 6.03 Å². The quantitative estimate of drug-likeness (QED) is 0.474. The van der Waals surface area contributed by atoms with E-state index in [0.29, 0.717) is 6.61 Å². The second-order valence-corrected chi connectivity index (χ2v) is 1.86. The summed E-state index contributed by atoms with van der Waals surface area (Å²) in [5.41, 5.74) is 8.49. The van der Waals surface area contributed by atoms with Gasteiger partial charge in [-0.3, -0.25) is 4.84 Å². The van der Waals surface area contributed by atoms with E-state index >= 15 is 0 Å². The second-order valence-electron chi connectivity index (χ2n) is 1.86. The Morgan fingerprint density at radius 1 is 1.82 bits per heavy atom. The molecule has 0 aliphatic carbocycles. The third-order valence-corrected chi connectivity index (χ3v) is 0.844. The van der Waals surface area contributed by atoms with Crippen LogP contribution in [0.15, 0.2) is 5.11 Å². The van der Waals surface area contributed by atoms with Gasteiger partial charge in [0.15, 0.2) is 0 Å². The van der Waals surface area contributed by atoms with Crippen molar-refractivity contribution in [2.45, 2.75) is 13.3 Å². The fourth-order valence-electron chi connectivity index (χ4n) is 0.420. The van der Waals surface area contributed by atoms with Crippen LogP contribution in [-0.2, 0) is 4.84 Å². The smallest absolute Gasteiger partial charge is 0.280 e. The minimum absolute atomic E-state index is 0.523. The Kier molecular flexibility index (Phi) is 5.22. The monoisotopic (exact) mass is 160 g/mol. The molecule has 0 saturated carbocycles. The molecular formula is C5H12N4O2. The summed E-state index contributed by atoms with van der Waals surface area (Å²) in [5.74, 6) is 0. The summed E-state index contributed by atoms with van der Waals surface area (Å²) < 4.78 is 0. The first kappa shape index (κ1) is 9.99. The van der Waals surface area contributed by atoms with Crippen LogP contribution in [0, 0.1) is 5.53 Å². The van der Waals surface area contributed by atoms with Gasteiger partial charge in [0.25, 0.3) is 0 Å². The molecule has 0 aromatic carbocycles. The van der Waals surface area contributed by atoms with E-state index in [1.54, 1.807) is 0 Å². The molecule has 0 bridgehead atoms. The number of carbonyl (C=O) groups is 1. The second kappa shape index (κ2) is 5.75. The molecular weight excluding hydrogens is 148 g/mol. The van der Waals surface area contributed by atoms with Crippen LogP contribution in [0.25, 0.3) is 0 Å². The van der Waals surface area contributed by atoms with Crippen molar-refractivity contribution in [3.8, 4) is 0 Å². The zero-order valence-corrected chi connectivity index (χ0v) is 6.63. The van der Waals surface area contributed by atoms with Gasteiger partial charge in [0.05, 0.1) is 6.61 Å². The van der Waals surface area contributed by atoms with Gasteiger partial charge in [-0.05, 0) is 6.42 Å². The number of hydroxylamine groups is 1. The Bertz CT molecular complexity index is 138. The molecule has 0 spiro atoms. The Morgan fingerprint density at radius 2 is 2.45 bits per heavy atom. The number of nitrogens with one attached hydrogen (secondary N) is 2. The average molecular weight is 160 g/mol. The first-order valence-electron chi connectivity index (χ1n) is 3.25. The minimum atomic E-state index is -0.747. The fraction of sp³-hybridized carbons (Fsp3) is 0.800. The van der Waals surface area contributed by atoms with Gasteiger partial charge in [-0.1, -0.05) is 12.0 Å². The normalized spacial score (nSPS) is 9.73. The summed E-state index contributed by atoms with van der Waals surface area (Å²) in [4.78, 5) is 15.3. The number of hydrazine groups is 1. The number of amides is 2. The van der Waals surface area contributed by atoms with E-state index < -0.39 is 6.03 Å². The molecule has 0 saturated heterocycles. The van der Waals surface area contributed by atoms with E-state index in [2.05, 4.69) is 10.5 Å². The van der Waals surface area contributed by atoms with Crippen LogP contribution in [0.4, 0.5) is 4.79 Å². The highest BCUT2D eigenvalue weighted by Crippen LogP contribution is 1.83. The zero-order chi connectivity index (χ0) is 8.69. The third kappa shape index (κ3) is 5.43. The first-order valence-corrected chi connectivity index (χ1v) is 3.25. The van der Waals surface area contributed by atoms with Crippen LogP contribution in [0.2, 0.25) is 0 Å². The largest absolute Gasteiger partial charge is 0.375 e. The van der Waals surface area contributed by atoms with Gasteiger partial charge in [-0.15, -0.1) is 5.17 Å². The van der Waals surface area contributed by atoms with Crippen molar-refractivity contribution in [2.24, 2.45) is 5.11 Å². The summed E-state index contributed by atoms with van der Waals surface area (Å²) >= 11 is 0. The Hall–Kier alpha value is -1.01. The highest BCUT2D eigenvalue weighted by molar-refractivity contribution is 5.72. The summed E-state index contributed by atoms with van der Waals surface area (Å²) in [6.07, 6.45) is 0.859. The lowest BCUT2D eigenvalue weighted by Gasteiger charge is -2.14. The summed E-state index contributed by atoms with van der Waals surface area (Å²) in [7, 11) is 1.53. The molecule has 64 valence electrons. The molecule has 0 aliphatic heterocycles. The lowest BCUT2D eigenvalue weighted by atomic mass is 10.5. The van der Waals surface area contributed by atoms with Crippen molar-refractivity contribution in [1.82, 2.24) is 10.6 Å². The first-order chi connectivity index (χ1) is 5.20. The molecule has 11 heavy (non-hydrogen) atoms.